The van der Waals surface area contributed by atoms with Crippen LogP contribution in [0.5, 0.6) is 0 Å². The van der Waals surface area contributed by atoms with Gasteiger partial charge in [0.05, 0.1) is 23.8 Å². The second-order valence-corrected chi connectivity index (χ2v) is 11.7. The normalized spacial score (nSPS) is 19.6. The van der Waals surface area contributed by atoms with Crippen molar-refractivity contribution in [3.8, 4) is 0 Å². The van der Waals surface area contributed by atoms with E-state index in [2.05, 4.69) is 44.3 Å². The molecule has 2 aliphatic heterocycles. The Hall–Kier alpha value is -3.42. The maximum Gasteiger partial charge on any atom is 0.490 e. The van der Waals surface area contributed by atoms with E-state index in [0.29, 0.717) is 12.5 Å². The van der Waals surface area contributed by atoms with Crippen molar-refractivity contribution in [2.24, 2.45) is 5.92 Å². The average Bonchev–Trinajstić information content (AvgIpc) is 3.69. The lowest BCUT2D eigenvalue weighted by molar-refractivity contribution is -0.192. The van der Waals surface area contributed by atoms with E-state index in [-0.39, 0.29) is 6.04 Å². The zero-order valence-corrected chi connectivity index (χ0v) is 24.3. The molecule has 1 aliphatic carbocycles. The molecule has 11 nitrogen and oxygen atoms in total. The number of carboxylic acids is 1. The number of rotatable bonds is 7. The fraction of sp³-hybridized carbons (Fsp3) is 0.679. The van der Waals surface area contributed by atoms with Gasteiger partial charge >= 0.3 is 12.1 Å². The van der Waals surface area contributed by atoms with Gasteiger partial charge < -0.3 is 20.2 Å². The van der Waals surface area contributed by atoms with Crippen molar-refractivity contribution in [2.45, 2.75) is 84.0 Å². The van der Waals surface area contributed by atoms with Crippen LogP contribution in [0.25, 0.3) is 11.0 Å². The highest BCUT2D eigenvalue weighted by Gasteiger charge is 2.38. The number of likely N-dealkylation sites (tertiary alicyclic amines) is 1. The molecular formula is C28H40F3N9O2. The quantitative estimate of drug-likeness (QED) is 0.362. The van der Waals surface area contributed by atoms with Gasteiger partial charge in [0.2, 0.25) is 5.95 Å². The van der Waals surface area contributed by atoms with Gasteiger partial charge in [-0.3, -0.25) is 5.10 Å². The number of aryl methyl sites for hydroxylation is 1. The Labute approximate surface area is 242 Å². The minimum absolute atomic E-state index is 0.242. The van der Waals surface area contributed by atoms with E-state index in [1.54, 1.807) is 0 Å². The lowest BCUT2D eigenvalue weighted by atomic mass is 9.96. The zero-order valence-electron chi connectivity index (χ0n) is 24.3. The number of H-pyrrole nitrogens is 1. The molecule has 3 aromatic rings. The Kier molecular flexibility index (Phi) is 9.19. The molecule has 14 heteroatoms. The maximum atomic E-state index is 10.6. The molecule has 3 aliphatic rings. The number of carbonyl (C=O) groups is 1. The number of piperidine rings is 2. The topological polar surface area (TPSA) is 128 Å². The molecule has 230 valence electrons. The Morgan fingerprint density at radius 3 is 2.60 bits per heavy atom. The third kappa shape index (κ3) is 6.96. The van der Waals surface area contributed by atoms with Crippen molar-refractivity contribution >= 4 is 28.8 Å². The van der Waals surface area contributed by atoms with E-state index >= 15 is 0 Å². The first-order valence-electron chi connectivity index (χ1n) is 14.9. The van der Waals surface area contributed by atoms with E-state index in [1.165, 1.54) is 69.4 Å². The molecular weight excluding hydrogens is 551 g/mol. The van der Waals surface area contributed by atoms with E-state index in [4.69, 9.17) is 19.9 Å². The van der Waals surface area contributed by atoms with E-state index < -0.39 is 12.1 Å². The van der Waals surface area contributed by atoms with Crippen LogP contribution in [0.15, 0.2) is 6.20 Å². The van der Waals surface area contributed by atoms with Gasteiger partial charge in [-0.15, -0.1) is 0 Å². The molecule has 0 spiro atoms. The van der Waals surface area contributed by atoms with Gasteiger partial charge in [0.25, 0.3) is 0 Å². The summed E-state index contributed by atoms with van der Waals surface area (Å²) in [4.78, 5) is 24.1. The standard InChI is InChI=1S/C26H39N9.C2HF3O2/c1-18(2)35-25-21(14-28-35)24(27-15-23-20-9-6-10-22(20)31-32-23)29-26(30-25)34-13-7-8-19(17-34)16-33-11-4-3-5-12-33;3-2(4,5)1(6)7/h14,18-19H,3-13,15-17H2,1-2H3,(H,31,32)(H,27,29,30);(H,6,7). The van der Waals surface area contributed by atoms with Crippen LogP contribution in [0.4, 0.5) is 24.9 Å². The number of halogens is 3. The summed E-state index contributed by atoms with van der Waals surface area (Å²) >= 11 is 0. The number of carboxylic acid groups (broad SMARTS) is 1. The summed E-state index contributed by atoms with van der Waals surface area (Å²) in [5.41, 5.74) is 4.72. The predicted octanol–water partition coefficient (Wildman–Crippen LogP) is 4.57. The largest absolute Gasteiger partial charge is 0.490 e. The number of aliphatic carboxylic acids is 1. The number of hydrogen-bond acceptors (Lipinski definition) is 8. The van der Waals surface area contributed by atoms with E-state index in [9.17, 15) is 13.2 Å². The summed E-state index contributed by atoms with van der Waals surface area (Å²) in [7, 11) is 0. The third-order valence-corrected chi connectivity index (χ3v) is 8.26. The number of alkyl halides is 3. The monoisotopic (exact) mass is 591 g/mol. The van der Waals surface area contributed by atoms with Crippen molar-refractivity contribution < 1.29 is 23.1 Å². The molecule has 0 saturated carbocycles. The summed E-state index contributed by atoms with van der Waals surface area (Å²) < 4.78 is 33.8. The molecule has 42 heavy (non-hydrogen) atoms. The van der Waals surface area contributed by atoms with Crippen LogP contribution in [-0.4, -0.2) is 84.8 Å². The molecule has 3 aromatic heterocycles. The minimum Gasteiger partial charge on any atom is -0.475 e. The number of aromatic amines is 1. The summed E-state index contributed by atoms with van der Waals surface area (Å²) in [5, 5.41) is 24.2. The first-order valence-corrected chi connectivity index (χ1v) is 14.9. The number of aromatic nitrogens is 6. The number of nitrogens with one attached hydrogen (secondary N) is 2. The molecule has 1 unspecified atom stereocenters. The lowest BCUT2D eigenvalue weighted by Gasteiger charge is -2.37. The molecule has 0 aromatic carbocycles. The SMILES string of the molecule is CC(C)n1ncc2c(NCc3n[nH]c4c3CCC4)nc(N3CCCC(CN4CCCCC4)C3)nc21.O=C(O)C(F)(F)F. The summed E-state index contributed by atoms with van der Waals surface area (Å²) in [6, 6.07) is 0.242. The second kappa shape index (κ2) is 12.8. The molecule has 2 fully saturated rings. The fourth-order valence-corrected chi connectivity index (χ4v) is 6.17. The molecule has 2 saturated heterocycles. The minimum atomic E-state index is -5.08. The van der Waals surface area contributed by atoms with Gasteiger partial charge in [-0.1, -0.05) is 6.42 Å². The van der Waals surface area contributed by atoms with Gasteiger partial charge in [-0.2, -0.15) is 33.3 Å². The van der Waals surface area contributed by atoms with Crippen LogP contribution in [0.1, 0.15) is 75.4 Å². The van der Waals surface area contributed by atoms with Crippen LogP contribution in [0.2, 0.25) is 0 Å². The Morgan fingerprint density at radius 1 is 1.12 bits per heavy atom. The predicted molar refractivity (Wildman–Crippen MR) is 153 cm³/mol. The van der Waals surface area contributed by atoms with Gasteiger partial charge in [0.15, 0.2) is 5.65 Å². The van der Waals surface area contributed by atoms with Gasteiger partial charge in [0.1, 0.15) is 5.82 Å². The second-order valence-electron chi connectivity index (χ2n) is 11.7. The van der Waals surface area contributed by atoms with Gasteiger partial charge in [-0.05, 0) is 83.4 Å². The van der Waals surface area contributed by atoms with E-state index in [0.717, 1.165) is 54.4 Å². The first-order chi connectivity index (χ1) is 20.1. The maximum absolute atomic E-state index is 10.6. The molecule has 0 radical (unpaired) electrons. The van der Waals surface area contributed by atoms with Crippen molar-refractivity contribution in [2.75, 3.05) is 42.9 Å². The van der Waals surface area contributed by atoms with Gasteiger partial charge in [0, 0.05) is 31.4 Å². The summed E-state index contributed by atoms with van der Waals surface area (Å²) in [6.45, 7) is 10.8. The van der Waals surface area contributed by atoms with E-state index in [1.807, 2.05) is 10.9 Å². The smallest absolute Gasteiger partial charge is 0.475 e. The van der Waals surface area contributed by atoms with Crippen LogP contribution in [-0.2, 0) is 24.2 Å². The molecule has 0 bridgehead atoms. The Bertz CT molecular complexity index is 1360. The molecule has 0 amide bonds. The first kappa shape index (κ1) is 30.1. The molecule has 6 rings (SSSR count). The molecule has 5 heterocycles. The zero-order chi connectivity index (χ0) is 29.9. The van der Waals surface area contributed by atoms with Crippen LogP contribution >= 0.6 is 0 Å². The Morgan fingerprint density at radius 2 is 1.88 bits per heavy atom. The molecule has 1 atom stereocenters. The molecule has 3 N–H and O–H groups in total. The van der Waals surface area contributed by atoms with Crippen molar-refractivity contribution in [3.05, 3.63) is 23.1 Å². The van der Waals surface area contributed by atoms with Gasteiger partial charge in [-0.25, -0.2) is 9.48 Å². The van der Waals surface area contributed by atoms with Crippen molar-refractivity contribution in [1.29, 1.82) is 0 Å². The number of fused-ring (bicyclic) bond motifs is 2. The fourth-order valence-electron chi connectivity index (χ4n) is 6.17. The number of anilines is 2. The average molecular weight is 592 g/mol. The van der Waals surface area contributed by atoms with Crippen molar-refractivity contribution in [1.82, 2.24) is 34.8 Å². The highest BCUT2D eigenvalue weighted by molar-refractivity contribution is 5.87. The highest BCUT2D eigenvalue weighted by atomic mass is 19.4. The summed E-state index contributed by atoms with van der Waals surface area (Å²) in [5.74, 6) is -0.380. The summed E-state index contributed by atoms with van der Waals surface area (Å²) in [6.07, 6.45) is 6.86. The Balaban J connectivity index is 0.000000451. The lowest BCUT2D eigenvalue weighted by Crippen LogP contribution is -2.43. The van der Waals surface area contributed by atoms with Crippen LogP contribution < -0.4 is 10.2 Å². The number of hydrogen-bond donors (Lipinski definition) is 3. The van der Waals surface area contributed by atoms with Crippen LogP contribution in [0, 0.1) is 5.92 Å². The van der Waals surface area contributed by atoms with Crippen LogP contribution in [0.3, 0.4) is 0 Å². The third-order valence-electron chi connectivity index (χ3n) is 8.26. The number of nitrogens with zero attached hydrogens (tertiary/aromatic N) is 7. The highest BCUT2D eigenvalue weighted by Crippen LogP contribution is 2.30. The van der Waals surface area contributed by atoms with Crippen molar-refractivity contribution in [3.63, 3.8) is 0 Å².